The topological polar surface area (TPSA) is 108 Å². The van der Waals surface area contributed by atoms with Crippen molar-refractivity contribution in [1.29, 1.82) is 0 Å². The van der Waals surface area contributed by atoms with Gasteiger partial charge in [-0.15, -0.1) is 0 Å². The third-order valence-electron chi connectivity index (χ3n) is 8.51. The first-order chi connectivity index (χ1) is 17.6. The van der Waals surface area contributed by atoms with Crippen LogP contribution < -0.4 is 5.32 Å². The number of carbonyl (C=O) groups is 1. The smallest absolute Gasteiger partial charge is 0.358 e. The predicted octanol–water partition coefficient (Wildman–Crippen LogP) is 6.08. The molecule has 37 heavy (non-hydrogen) atoms. The van der Waals surface area contributed by atoms with Gasteiger partial charge in [0.05, 0.1) is 34.8 Å². The molecular weight excluding hydrogens is 560 g/mol. The average molecular weight is 588 g/mol. The van der Waals surface area contributed by atoms with E-state index in [9.17, 15) is 14.9 Å². The summed E-state index contributed by atoms with van der Waals surface area (Å²) >= 11 is 9.77. The molecule has 0 aliphatic heterocycles. The molecule has 194 valence electrons. The highest BCUT2D eigenvalue weighted by molar-refractivity contribution is 9.10. The highest BCUT2D eigenvalue weighted by atomic mass is 79.9. The first-order valence-electron chi connectivity index (χ1n) is 12.6. The van der Waals surface area contributed by atoms with Crippen LogP contribution in [0.5, 0.6) is 0 Å². The second-order valence-electron chi connectivity index (χ2n) is 11.4. The van der Waals surface area contributed by atoms with Gasteiger partial charge in [0.15, 0.2) is 5.02 Å². The zero-order valence-corrected chi connectivity index (χ0v) is 22.8. The molecule has 11 heteroatoms. The lowest BCUT2D eigenvalue weighted by molar-refractivity contribution is -0.389. The third kappa shape index (κ3) is 4.48. The third-order valence-corrected chi connectivity index (χ3v) is 9.48. The molecule has 4 bridgehead atoms. The van der Waals surface area contributed by atoms with E-state index < -0.39 is 4.92 Å². The number of halogens is 2. The summed E-state index contributed by atoms with van der Waals surface area (Å²) in [4.78, 5) is 24.3. The average Bonchev–Trinajstić information content (AvgIpc) is 3.38. The van der Waals surface area contributed by atoms with Crippen molar-refractivity contribution < 1.29 is 9.72 Å². The Hall–Kier alpha value is -2.72. The molecule has 2 unspecified atom stereocenters. The minimum atomic E-state index is -0.507. The Morgan fingerprint density at radius 2 is 1.95 bits per heavy atom. The molecule has 2 atom stereocenters. The largest absolute Gasteiger partial charge is 0.408 e. The second kappa shape index (κ2) is 8.94. The molecule has 4 aliphatic rings. The van der Waals surface area contributed by atoms with Crippen molar-refractivity contribution in [2.75, 3.05) is 5.32 Å². The van der Waals surface area contributed by atoms with Crippen molar-refractivity contribution >= 4 is 44.9 Å². The molecule has 0 saturated heterocycles. The Bertz CT molecular complexity index is 1370. The van der Waals surface area contributed by atoms with E-state index in [1.54, 1.807) is 6.20 Å². The van der Waals surface area contributed by atoms with Crippen LogP contribution in [0.15, 0.2) is 41.1 Å². The summed E-state index contributed by atoms with van der Waals surface area (Å²) in [6.45, 7) is 2.43. The summed E-state index contributed by atoms with van der Waals surface area (Å²) in [6.07, 6.45) is 9.81. The number of carbonyl (C=O) groups excluding carboxylic acids is 1. The fourth-order valence-electron chi connectivity index (χ4n) is 7.74. The number of hydrogen-bond donors (Lipinski definition) is 1. The van der Waals surface area contributed by atoms with Gasteiger partial charge >= 0.3 is 5.82 Å². The van der Waals surface area contributed by atoms with Crippen LogP contribution in [-0.4, -0.2) is 30.4 Å². The predicted molar refractivity (Wildman–Crippen MR) is 142 cm³/mol. The van der Waals surface area contributed by atoms with Crippen LogP contribution in [0, 0.1) is 34.3 Å². The van der Waals surface area contributed by atoms with Gasteiger partial charge in [-0.25, -0.2) is 0 Å². The van der Waals surface area contributed by atoms with Crippen molar-refractivity contribution in [3.05, 3.63) is 67.5 Å². The summed E-state index contributed by atoms with van der Waals surface area (Å²) in [5.41, 5.74) is 2.00. The van der Waals surface area contributed by atoms with Crippen LogP contribution in [0.25, 0.3) is 0 Å². The Balaban J connectivity index is 1.18. The van der Waals surface area contributed by atoms with Gasteiger partial charge in [0, 0.05) is 17.1 Å². The molecule has 1 N–H and O–H groups in total. The SMILES string of the molecule is Cc1c(Cl)c([N+](=O)[O-])nn1C12CC3CC(CC(CC(=O)Nc4cnn(Cc5ccc(Br)cc5)c4)(C3)C1)C2. The summed E-state index contributed by atoms with van der Waals surface area (Å²) in [5.74, 6) is 0.691. The Morgan fingerprint density at radius 1 is 1.24 bits per heavy atom. The lowest BCUT2D eigenvalue weighted by Gasteiger charge is -2.61. The fourth-order valence-corrected chi connectivity index (χ4v) is 8.19. The Kier molecular flexibility index (Phi) is 5.95. The van der Waals surface area contributed by atoms with Gasteiger partial charge in [-0.2, -0.15) is 9.78 Å². The summed E-state index contributed by atoms with van der Waals surface area (Å²) in [6, 6.07) is 8.07. The number of benzene rings is 1. The number of hydrogen-bond acceptors (Lipinski definition) is 5. The van der Waals surface area contributed by atoms with Gasteiger partial charge in [0.1, 0.15) is 0 Å². The molecule has 9 nitrogen and oxygen atoms in total. The standard InChI is InChI=1S/C26H28BrClN6O3/c1-16-23(28)24(34(36)37)31-33(16)26-9-18-6-19(10-26)8-25(7-18,15-26)11-22(35)30-21-12-29-32(14-21)13-17-2-4-20(27)5-3-17/h2-5,12,14,18-19H,6-11,13,15H2,1H3,(H,30,35). The number of nitrogens with one attached hydrogen (secondary N) is 1. The van der Waals surface area contributed by atoms with E-state index in [1.807, 2.05) is 46.7 Å². The van der Waals surface area contributed by atoms with Crippen LogP contribution in [0.3, 0.4) is 0 Å². The van der Waals surface area contributed by atoms with Gasteiger partial charge in [-0.05, 0) is 85.3 Å². The van der Waals surface area contributed by atoms with Crippen LogP contribution in [0.1, 0.15) is 56.2 Å². The molecule has 4 aliphatic carbocycles. The Labute approximate surface area is 227 Å². The molecule has 1 aromatic carbocycles. The molecule has 1 amide bonds. The molecule has 2 heterocycles. The molecule has 3 aromatic rings. The van der Waals surface area contributed by atoms with E-state index in [1.165, 1.54) is 0 Å². The highest BCUT2D eigenvalue weighted by Gasteiger charge is 2.60. The molecule has 4 saturated carbocycles. The normalized spacial score (nSPS) is 28.0. The van der Waals surface area contributed by atoms with Crippen LogP contribution in [0.4, 0.5) is 11.5 Å². The van der Waals surface area contributed by atoms with Gasteiger partial charge in [0.2, 0.25) is 5.91 Å². The van der Waals surface area contributed by atoms with E-state index >= 15 is 0 Å². The number of anilines is 1. The lowest BCUT2D eigenvalue weighted by atomic mass is 9.46. The van der Waals surface area contributed by atoms with E-state index in [4.69, 9.17) is 11.6 Å². The lowest BCUT2D eigenvalue weighted by Crippen LogP contribution is -2.57. The van der Waals surface area contributed by atoms with Crippen molar-refractivity contribution in [1.82, 2.24) is 19.6 Å². The van der Waals surface area contributed by atoms with Gasteiger partial charge < -0.3 is 15.4 Å². The van der Waals surface area contributed by atoms with Crippen LogP contribution >= 0.6 is 27.5 Å². The van der Waals surface area contributed by atoms with Crippen molar-refractivity contribution in [2.24, 2.45) is 17.3 Å². The Morgan fingerprint density at radius 3 is 2.59 bits per heavy atom. The maximum atomic E-state index is 13.3. The summed E-state index contributed by atoms with van der Waals surface area (Å²) in [5, 5.41) is 23.5. The zero-order valence-electron chi connectivity index (χ0n) is 20.5. The van der Waals surface area contributed by atoms with Crippen molar-refractivity contribution in [2.45, 2.75) is 64.0 Å². The number of amides is 1. The monoisotopic (exact) mass is 586 g/mol. The summed E-state index contributed by atoms with van der Waals surface area (Å²) in [7, 11) is 0. The van der Waals surface area contributed by atoms with Gasteiger partial charge in [-0.1, -0.05) is 39.7 Å². The van der Waals surface area contributed by atoms with Gasteiger partial charge in [0.25, 0.3) is 0 Å². The molecule has 0 radical (unpaired) electrons. The highest BCUT2D eigenvalue weighted by Crippen LogP contribution is 2.65. The minimum absolute atomic E-state index is 0.0125. The maximum Gasteiger partial charge on any atom is 0.408 e. The first-order valence-corrected chi connectivity index (χ1v) is 13.8. The molecule has 4 fully saturated rings. The molecule has 0 spiro atoms. The van der Waals surface area contributed by atoms with Crippen LogP contribution in [-0.2, 0) is 16.9 Å². The van der Waals surface area contributed by atoms with E-state index in [2.05, 4.69) is 31.4 Å². The van der Waals surface area contributed by atoms with Crippen molar-refractivity contribution in [3.63, 3.8) is 0 Å². The first kappa shape index (κ1) is 24.6. The number of nitro groups is 1. The van der Waals surface area contributed by atoms with E-state index in [-0.39, 0.29) is 27.7 Å². The molecule has 7 rings (SSSR count). The number of aromatic nitrogens is 4. The molecule has 2 aromatic heterocycles. The van der Waals surface area contributed by atoms with Gasteiger partial charge in [-0.3, -0.25) is 9.48 Å². The summed E-state index contributed by atoms with van der Waals surface area (Å²) < 4.78 is 4.68. The quantitative estimate of drug-likeness (QED) is 0.266. The minimum Gasteiger partial charge on any atom is -0.358 e. The van der Waals surface area contributed by atoms with E-state index in [0.29, 0.717) is 36.2 Å². The number of rotatable bonds is 7. The zero-order chi connectivity index (χ0) is 25.9. The second-order valence-corrected chi connectivity index (χ2v) is 12.6. The van der Waals surface area contributed by atoms with Crippen LogP contribution in [0.2, 0.25) is 5.02 Å². The van der Waals surface area contributed by atoms with E-state index in [0.717, 1.165) is 48.6 Å². The number of nitrogens with zero attached hydrogens (tertiary/aromatic N) is 5. The maximum absolute atomic E-state index is 13.3. The fraction of sp³-hybridized carbons (Fsp3) is 0.500. The molecular formula is C26H28BrClN6O3. The van der Waals surface area contributed by atoms with Crippen molar-refractivity contribution in [3.8, 4) is 0 Å².